The molecule has 8 nitrogen and oxygen atoms in total. The van der Waals surface area contributed by atoms with Crippen LogP contribution >= 0.6 is 0 Å². The van der Waals surface area contributed by atoms with Crippen LogP contribution in [0.4, 0.5) is 0 Å². The van der Waals surface area contributed by atoms with Crippen molar-refractivity contribution in [3.05, 3.63) is 66.3 Å². The summed E-state index contributed by atoms with van der Waals surface area (Å²) in [6.07, 6.45) is 2.38. The maximum atomic E-state index is 11.9. The summed E-state index contributed by atoms with van der Waals surface area (Å²) >= 11 is 0. The Morgan fingerprint density at radius 1 is 1.26 bits per heavy atom. The standard InChI is InChI=1S/C23H27N5O3/c1-5-30-21-12-17(6-7-20(21)31-13-14(2)24)22-25-10-9-19(28-22)16(4)27-18-8-11-26-23(29)15(18)3/h6-7,9-10,12,27H,2,4-5,8,11,13,24H2,1,3H3,(H,26,29). The van der Waals surface area contributed by atoms with Crippen molar-refractivity contribution in [2.75, 3.05) is 19.8 Å². The summed E-state index contributed by atoms with van der Waals surface area (Å²) in [5.74, 6) is 1.58. The lowest BCUT2D eigenvalue weighted by molar-refractivity contribution is -0.117. The molecule has 0 saturated carbocycles. The molecule has 1 aliphatic rings. The van der Waals surface area contributed by atoms with Crippen LogP contribution in [0.15, 0.2) is 60.6 Å². The first-order valence-electron chi connectivity index (χ1n) is 9.99. The second-order valence-electron chi connectivity index (χ2n) is 7.02. The van der Waals surface area contributed by atoms with Gasteiger partial charge in [0.15, 0.2) is 17.3 Å². The maximum Gasteiger partial charge on any atom is 0.248 e. The summed E-state index contributed by atoms with van der Waals surface area (Å²) in [5.41, 5.74) is 9.51. The minimum absolute atomic E-state index is 0.0751. The van der Waals surface area contributed by atoms with Gasteiger partial charge in [0.05, 0.1) is 18.0 Å². The normalized spacial score (nSPS) is 13.4. The monoisotopic (exact) mass is 421 g/mol. The summed E-state index contributed by atoms with van der Waals surface area (Å²) in [6.45, 7) is 12.7. The molecule has 4 N–H and O–H groups in total. The fourth-order valence-electron chi connectivity index (χ4n) is 3.03. The molecule has 0 saturated heterocycles. The smallest absolute Gasteiger partial charge is 0.248 e. The van der Waals surface area contributed by atoms with Crippen molar-refractivity contribution in [1.29, 1.82) is 0 Å². The average molecular weight is 422 g/mol. The highest BCUT2D eigenvalue weighted by molar-refractivity contribution is 5.94. The molecule has 1 aromatic heterocycles. The molecular formula is C23H27N5O3. The van der Waals surface area contributed by atoms with Crippen LogP contribution in [-0.2, 0) is 4.79 Å². The summed E-state index contributed by atoms with van der Waals surface area (Å²) in [6, 6.07) is 7.24. The Labute approximate surface area is 181 Å². The predicted octanol–water partition coefficient (Wildman–Crippen LogP) is 2.75. The van der Waals surface area contributed by atoms with Crippen LogP contribution in [0.25, 0.3) is 17.1 Å². The maximum absolute atomic E-state index is 11.9. The summed E-state index contributed by atoms with van der Waals surface area (Å²) in [4.78, 5) is 20.9. The number of carbonyl (C=O) groups excluding carboxylic acids is 1. The molecule has 1 amide bonds. The molecule has 0 spiro atoms. The van der Waals surface area contributed by atoms with Crippen LogP contribution in [0.5, 0.6) is 11.5 Å². The fourth-order valence-corrected chi connectivity index (χ4v) is 3.03. The molecule has 162 valence electrons. The number of aromatic nitrogens is 2. The first-order chi connectivity index (χ1) is 14.9. The second kappa shape index (κ2) is 9.80. The summed E-state index contributed by atoms with van der Waals surface area (Å²) in [7, 11) is 0. The number of benzene rings is 1. The van der Waals surface area contributed by atoms with Gasteiger partial charge in [-0.1, -0.05) is 13.2 Å². The number of hydrogen-bond donors (Lipinski definition) is 3. The van der Waals surface area contributed by atoms with E-state index in [9.17, 15) is 4.79 Å². The van der Waals surface area contributed by atoms with E-state index in [4.69, 9.17) is 15.2 Å². The molecule has 0 aliphatic carbocycles. The highest BCUT2D eigenvalue weighted by Gasteiger charge is 2.17. The van der Waals surface area contributed by atoms with Gasteiger partial charge in [0.25, 0.3) is 0 Å². The third-order valence-electron chi connectivity index (χ3n) is 4.64. The van der Waals surface area contributed by atoms with Crippen molar-refractivity contribution in [1.82, 2.24) is 20.6 Å². The van der Waals surface area contributed by atoms with Crippen LogP contribution in [0.2, 0.25) is 0 Å². The molecule has 1 aromatic carbocycles. The number of rotatable bonds is 9. The van der Waals surface area contributed by atoms with Gasteiger partial charge in [-0.15, -0.1) is 0 Å². The van der Waals surface area contributed by atoms with Crippen LogP contribution in [0.1, 0.15) is 26.0 Å². The lowest BCUT2D eigenvalue weighted by atomic mass is 10.1. The third kappa shape index (κ3) is 5.42. The van der Waals surface area contributed by atoms with E-state index >= 15 is 0 Å². The first kappa shape index (κ1) is 21.9. The van der Waals surface area contributed by atoms with Crippen LogP contribution < -0.4 is 25.8 Å². The highest BCUT2D eigenvalue weighted by Crippen LogP contribution is 2.32. The molecule has 0 fully saturated rings. The molecule has 2 heterocycles. The molecular weight excluding hydrogens is 394 g/mol. The van der Waals surface area contributed by atoms with Crippen molar-refractivity contribution in [2.45, 2.75) is 20.3 Å². The van der Waals surface area contributed by atoms with E-state index < -0.39 is 0 Å². The second-order valence-corrected chi connectivity index (χ2v) is 7.02. The van der Waals surface area contributed by atoms with Crippen molar-refractivity contribution >= 4 is 11.6 Å². The van der Waals surface area contributed by atoms with Gasteiger partial charge in [-0.2, -0.15) is 0 Å². The highest BCUT2D eigenvalue weighted by atomic mass is 16.5. The van der Waals surface area contributed by atoms with Crippen molar-refractivity contribution < 1.29 is 14.3 Å². The molecule has 0 bridgehead atoms. The number of nitrogens with two attached hydrogens (primary N) is 1. The lowest BCUT2D eigenvalue weighted by Gasteiger charge is -2.20. The Balaban J connectivity index is 1.84. The predicted molar refractivity (Wildman–Crippen MR) is 120 cm³/mol. The SMILES string of the molecule is C=C(N)COc1ccc(-c2nccc(C(=C)NC3=C(C)C(=O)NCC3)n2)cc1OCC. The van der Waals surface area contributed by atoms with Gasteiger partial charge in [-0.3, -0.25) is 4.79 Å². The minimum Gasteiger partial charge on any atom is -0.490 e. The van der Waals surface area contributed by atoms with Crippen molar-refractivity contribution in [3.8, 4) is 22.9 Å². The Morgan fingerprint density at radius 2 is 2.06 bits per heavy atom. The van der Waals surface area contributed by atoms with Gasteiger partial charge in [0, 0.05) is 41.7 Å². The van der Waals surface area contributed by atoms with E-state index in [0.717, 1.165) is 11.3 Å². The molecule has 8 heteroatoms. The molecule has 1 aliphatic heterocycles. The van der Waals surface area contributed by atoms with Crippen LogP contribution in [0, 0.1) is 0 Å². The Hall–Kier alpha value is -3.81. The van der Waals surface area contributed by atoms with Crippen molar-refractivity contribution in [2.24, 2.45) is 5.73 Å². The average Bonchev–Trinajstić information content (AvgIpc) is 2.76. The summed E-state index contributed by atoms with van der Waals surface area (Å²) in [5, 5.41) is 6.05. The van der Waals surface area contributed by atoms with E-state index in [0.29, 0.717) is 59.6 Å². The van der Waals surface area contributed by atoms with E-state index in [1.807, 2.05) is 19.1 Å². The van der Waals surface area contributed by atoms with E-state index in [-0.39, 0.29) is 12.5 Å². The van der Waals surface area contributed by atoms with Crippen LogP contribution in [-0.4, -0.2) is 35.6 Å². The van der Waals surface area contributed by atoms with Gasteiger partial charge in [0.2, 0.25) is 5.91 Å². The Morgan fingerprint density at radius 3 is 2.81 bits per heavy atom. The molecule has 2 aromatic rings. The molecule has 31 heavy (non-hydrogen) atoms. The fraction of sp³-hybridized carbons (Fsp3) is 0.261. The Kier molecular flexibility index (Phi) is 6.92. The van der Waals surface area contributed by atoms with Crippen LogP contribution in [0.3, 0.4) is 0 Å². The molecule has 0 atom stereocenters. The van der Waals surface area contributed by atoms with E-state index in [1.54, 1.807) is 25.3 Å². The van der Waals surface area contributed by atoms with E-state index in [2.05, 4.69) is 33.8 Å². The Bertz CT molecular complexity index is 1050. The molecule has 3 rings (SSSR count). The number of carbonyl (C=O) groups is 1. The first-order valence-corrected chi connectivity index (χ1v) is 9.99. The number of ether oxygens (including phenoxy) is 2. The van der Waals surface area contributed by atoms with Crippen molar-refractivity contribution in [3.63, 3.8) is 0 Å². The molecule has 0 radical (unpaired) electrons. The van der Waals surface area contributed by atoms with Gasteiger partial charge < -0.3 is 25.8 Å². The van der Waals surface area contributed by atoms with Gasteiger partial charge in [-0.25, -0.2) is 9.97 Å². The number of amides is 1. The lowest BCUT2D eigenvalue weighted by Crippen LogP contribution is -2.34. The number of hydrogen-bond acceptors (Lipinski definition) is 7. The zero-order chi connectivity index (χ0) is 22.4. The molecule has 0 unspecified atom stereocenters. The van der Waals surface area contributed by atoms with Gasteiger partial charge >= 0.3 is 0 Å². The largest absolute Gasteiger partial charge is 0.490 e. The third-order valence-corrected chi connectivity index (χ3v) is 4.64. The van der Waals surface area contributed by atoms with E-state index in [1.165, 1.54) is 0 Å². The summed E-state index contributed by atoms with van der Waals surface area (Å²) < 4.78 is 11.4. The van der Waals surface area contributed by atoms with Gasteiger partial charge in [0.1, 0.15) is 6.61 Å². The van der Waals surface area contributed by atoms with Gasteiger partial charge in [-0.05, 0) is 38.1 Å². The zero-order valence-electron chi connectivity index (χ0n) is 17.8. The topological polar surface area (TPSA) is 111 Å². The minimum atomic E-state index is -0.0751. The quantitative estimate of drug-likeness (QED) is 0.571. The zero-order valence-corrected chi connectivity index (χ0v) is 17.8. The number of nitrogens with zero attached hydrogens (tertiary/aromatic N) is 2. The number of nitrogens with one attached hydrogen (secondary N) is 2.